The van der Waals surface area contributed by atoms with Gasteiger partial charge in [0.25, 0.3) is 0 Å². The Morgan fingerprint density at radius 2 is 2.19 bits per heavy atom. The van der Waals surface area contributed by atoms with Gasteiger partial charge >= 0.3 is 0 Å². The van der Waals surface area contributed by atoms with Crippen LogP contribution in [0.5, 0.6) is 0 Å². The fourth-order valence-corrected chi connectivity index (χ4v) is 2.70. The molecule has 5 nitrogen and oxygen atoms in total. The molecule has 1 atom stereocenters. The van der Waals surface area contributed by atoms with Crippen molar-refractivity contribution in [3.05, 3.63) is 16.0 Å². The lowest BCUT2D eigenvalue weighted by atomic mass is 10.2. The Kier molecular flexibility index (Phi) is 5.96. The van der Waals surface area contributed by atoms with E-state index in [1.165, 1.54) is 0 Å². The highest BCUT2D eigenvalue weighted by Gasteiger charge is 2.26. The van der Waals surface area contributed by atoms with Crippen LogP contribution in [-0.2, 0) is 4.74 Å². The maximum atomic E-state index is 5.89. The molecule has 0 radical (unpaired) electrons. The van der Waals surface area contributed by atoms with E-state index in [9.17, 15) is 0 Å². The SMILES string of the molecule is CCCNc1nc(C2CN(C(C)C)CCO2)nc(C)c1Br. The molecule has 0 amide bonds. The smallest absolute Gasteiger partial charge is 0.161 e. The van der Waals surface area contributed by atoms with Crippen LogP contribution in [0.15, 0.2) is 4.47 Å². The Balaban J connectivity index is 2.20. The van der Waals surface area contributed by atoms with Gasteiger partial charge in [0.15, 0.2) is 5.82 Å². The minimum Gasteiger partial charge on any atom is -0.369 e. The number of hydrogen-bond donors (Lipinski definition) is 1. The van der Waals surface area contributed by atoms with Crippen LogP contribution in [0.4, 0.5) is 5.82 Å². The molecule has 1 fully saturated rings. The second-order valence-corrected chi connectivity index (χ2v) is 6.50. The third-order valence-corrected chi connectivity index (χ3v) is 4.64. The van der Waals surface area contributed by atoms with E-state index < -0.39 is 0 Å². The first-order valence-electron chi connectivity index (χ1n) is 7.66. The molecule has 1 aromatic heterocycles. The fraction of sp³-hybridized carbons (Fsp3) is 0.733. The van der Waals surface area contributed by atoms with E-state index in [0.717, 1.165) is 54.5 Å². The molecular formula is C15H25BrN4O. The Hall–Kier alpha value is -0.720. The lowest BCUT2D eigenvalue weighted by Gasteiger charge is -2.34. The van der Waals surface area contributed by atoms with Gasteiger partial charge in [-0.3, -0.25) is 4.90 Å². The summed E-state index contributed by atoms with van der Waals surface area (Å²) in [6, 6.07) is 0.519. The highest BCUT2D eigenvalue weighted by molar-refractivity contribution is 9.10. The molecule has 1 aliphatic heterocycles. The minimum atomic E-state index is -0.0462. The van der Waals surface area contributed by atoms with Crippen LogP contribution in [0.2, 0.25) is 0 Å². The van der Waals surface area contributed by atoms with Crippen LogP contribution in [0, 0.1) is 6.92 Å². The molecule has 0 aliphatic carbocycles. The molecule has 1 unspecified atom stereocenters. The van der Waals surface area contributed by atoms with Crippen molar-refractivity contribution in [2.24, 2.45) is 0 Å². The summed E-state index contributed by atoms with van der Waals surface area (Å²) in [5.41, 5.74) is 0.948. The molecule has 0 aromatic carbocycles. The van der Waals surface area contributed by atoms with Gasteiger partial charge in [0.05, 0.1) is 16.8 Å². The van der Waals surface area contributed by atoms with Crippen LogP contribution in [0.25, 0.3) is 0 Å². The molecule has 118 valence electrons. The normalized spacial score (nSPS) is 20.0. The molecule has 6 heteroatoms. The third-order valence-electron chi connectivity index (χ3n) is 3.69. The lowest BCUT2D eigenvalue weighted by Crippen LogP contribution is -2.42. The fourth-order valence-electron chi connectivity index (χ4n) is 2.38. The predicted octanol–water partition coefficient (Wildman–Crippen LogP) is 3.15. The zero-order valence-corrected chi connectivity index (χ0v) is 14.9. The summed E-state index contributed by atoms with van der Waals surface area (Å²) in [6.45, 7) is 12.0. The van der Waals surface area contributed by atoms with E-state index in [2.05, 4.69) is 56.9 Å². The van der Waals surface area contributed by atoms with E-state index in [-0.39, 0.29) is 6.10 Å². The highest BCUT2D eigenvalue weighted by Crippen LogP contribution is 2.27. The number of hydrogen-bond acceptors (Lipinski definition) is 5. The van der Waals surface area contributed by atoms with Gasteiger partial charge in [0.2, 0.25) is 0 Å². The molecule has 1 saturated heterocycles. The minimum absolute atomic E-state index is 0.0462. The van der Waals surface area contributed by atoms with Gasteiger partial charge in [-0.15, -0.1) is 0 Å². The largest absolute Gasteiger partial charge is 0.369 e. The first-order valence-corrected chi connectivity index (χ1v) is 8.45. The molecule has 0 bridgehead atoms. The van der Waals surface area contributed by atoms with Crippen LogP contribution in [0.1, 0.15) is 44.8 Å². The van der Waals surface area contributed by atoms with Crippen molar-refractivity contribution >= 4 is 21.7 Å². The molecule has 2 rings (SSSR count). The second-order valence-electron chi connectivity index (χ2n) is 5.70. The van der Waals surface area contributed by atoms with Gasteiger partial charge in [0.1, 0.15) is 11.9 Å². The van der Waals surface area contributed by atoms with E-state index in [4.69, 9.17) is 4.74 Å². The summed E-state index contributed by atoms with van der Waals surface area (Å²) < 4.78 is 6.83. The number of morpholine rings is 1. The molecule has 1 aromatic rings. The topological polar surface area (TPSA) is 50.3 Å². The highest BCUT2D eigenvalue weighted by atomic mass is 79.9. The van der Waals surface area contributed by atoms with Gasteiger partial charge in [-0.25, -0.2) is 9.97 Å². The maximum Gasteiger partial charge on any atom is 0.161 e. The summed E-state index contributed by atoms with van der Waals surface area (Å²) >= 11 is 3.56. The number of nitrogens with zero attached hydrogens (tertiary/aromatic N) is 3. The van der Waals surface area contributed by atoms with Crippen LogP contribution in [0.3, 0.4) is 0 Å². The average Bonchev–Trinajstić information content (AvgIpc) is 2.48. The van der Waals surface area contributed by atoms with Crippen LogP contribution < -0.4 is 5.32 Å². The Morgan fingerprint density at radius 3 is 2.86 bits per heavy atom. The van der Waals surface area contributed by atoms with Gasteiger partial charge in [-0.2, -0.15) is 0 Å². The summed E-state index contributed by atoms with van der Waals surface area (Å²) in [5.74, 6) is 1.64. The zero-order chi connectivity index (χ0) is 15.4. The zero-order valence-electron chi connectivity index (χ0n) is 13.3. The number of ether oxygens (including phenoxy) is 1. The molecule has 0 spiro atoms. The molecule has 2 heterocycles. The average molecular weight is 357 g/mol. The number of rotatable bonds is 5. The predicted molar refractivity (Wildman–Crippen MR) is 88.7 cm³/mol. The number of anilines is 1. The van der Waals surface area contributed by atoms with Gasteiger partial charge in [-0.1, -0.05) is 6.92 Å². The van der Waals surface area contributed by atoms with Crippen LogP contribution >= 0.6 is 15.9 Å². The van der Waals surface area contributed by atoms with Crippen molar-refractivity contribution in [1.29, 1.82) is 0 Å². The van der Waals surface area contributed by atoms with Gasteiger partial charge < -0.3 is 10.1 Å². The molecule has 1 N–H and O–H groups in total. The standard InChI is InChI=1S/C15H25BrN4O/c1-5-6-17-15-13(16)11(4)18-14(19-15)12-9-20(10(2)3)7-8-21-12/h10,12H,5-9H2,1-4H3,(H,17,18,19). The molecule has 0 saturated carbocycles. The molecule has 21 heavy (non-hydrogen) atoms. The number of aryl methyl sites for hydroxylation is 1. The molecule has 1 aliphatic rings. The summed E-state index contributed by atoms with van der Waals surface area (Å²) in [6.07, 6.45) is 1.02. The first-order chi connectivity index (χ1) is 10.0. The van der Waals surface area contributed by atoms with Crippen molar-refractivity contribution < 1.29 is 4.74 Å². The Labute approximate surface area is 135 Å². The second kappa shape index (κ2) is 7.51. The number of aromatic nitrogens is 2. The summed E-state index contributed by atoms with van der Waals surface area (Å²) in [7, 11) is 0. The van der Waals surface area contributed by atoms with Crippen molar-refractivity contribution in [1.82, 2.24) is 14.9 Å². The van der Waals surface area contributed by atoms with Gasteiger partial charge in [0, 0.05) is 25.7 Å². The first kappa shape index (κ1) is 16.6. The third kappa shape index (κ3) is 4.14. The van der Waals surface area contributed by atoms with Crippen molar-refractivity contribution in [3.8, 4) is 0 Å². The summed E-state index contributed by atoms with van der Waals surface area (Å²) in [4.78, 5) is 11.7. The lowest BCUT2D eigenvalue weighted by molar-refractivity contribution is -0.0443. The quantitative estimate of drug-likeness (QED) is 0.877. The van der Waals surface area contributed by atoms with E-state index >= 15 is 0 Å². The maximum absolute atomic E-state index is 5.89. The van der Waals surface area contributed by atoms with E-state index in [1.54, 1.807) is 0 Å². The summed E-state index contributed by atoms with van der Waals surface area (Å²) in [5, 5.41) is 3.35. The van der Waals surface area contributed by atoms with Crippen molar-refractivity contribution in [2.75, 3.05) is 31.6 Å². The van der Waals surface area contributed by atoms with Crippen molar-refractivity contribution in [2.45, 2.75) is 46.3 Å². The molecular weight excluding hydrogens is 332 g/mol. The number of nitrogens with one attached hydrogen (secondary N) is 1. The van der Waals surface area contributed by atoms with Gasteiger partial charge in [-0.05, 0) is 43.1 Å². The van der Waals surface area contributed by atoms with Crippen LogP contribution in [-0.4, -0.2) is 47.2 Å². The Morgan fingerprint density at radius 1 is 1.43 bits per heavy atom. The Bertz CT molecular complexity index is 481. The van der Waals surface area contributed by atoms with Crippen molar-refractivity contribution in [3.63, 3.8) is 0 Å². The van der Waals surface area contributed by atoms with E-state index in [1.807, 2.05) is 6.92 Å². The monoisotopic (exact) mass is 356 g/mol. The number of halogens is 1. The van der Waals surface area contributed by atoms with E-state index in [0.29, 0.717) is 6.04 Å².